The molecule has 0 aliphatic heterocycles. The zero-order chi connectivity index (χ0) is 19.2. The van der Waals surface area contributed by atoms with Crippen LogP contribution in [0.1, 0.15) is 29.5 Å². The third-order valence-corrected chi connectivity index (χ3v) is 5.12. The molecule has 1 N–H and O–H groups in total. The molecule has 0 aromatic heterocycles. The Kier molecular flexibility index (Phi) is 6.22. The van der Waals surface area contributed by atoms with Gasteiger partial charge in [0, 0.05) is 12.5 Å². The first kappa shape index (κ1) is 19.1. The van der Waals surface area contributed by atoms with E-state index in [1.807, 2.05) is 12.1 Å². The molecule has 0 unspecified atom stereocenters. The summed E-state index contributed by atoms with van der Waals surface area (Å²) in [6, 6.07) is 12.4. The minimum atomic E-state index is 0.0659. The van der Waals surface area contributed by atoms with E-state index in [1.165, 1.54) is 11.1 Å². The summed E-state index contributed by atoms with van der Waals surface area (Å²) in [5.74, 6) is 1.86. The summed E-state index contributed by atoms with van der Waals surface area (Å²) < 4.78 is 16.2. The molecule has 144 valence electrons. The zero-order valence-corrected chi connectivity index (χ0v) is 16.2. The summed E-state index contributed by atoms with van der Waals surface area (Å²) in [5, 5.41) is 3.18. The number of carbonyl (C=O) groups excluding carboxylic acids is 1. The summed E-state index contributed by atoms with van der Waals surface area (Å²) in [6.07, 6.45) is 3.90. The topological polar surface area (TPSA) is 56.8 Å². The Labute approximate surface area is 160 Å². The third kappa shape index (κ3) is 4.35. The van der Waals surface area contributed by atoms with Crippen molar-refractivity contribution in [3.05, 3.63) is 53.1 Å². The molecular weight excluding hydrogens is 342 g/mol. The van der Waals surface area contributed by atoms with Crippen molar-refractivity contribution in [3.63, 3.8) is 0 Å². The lowest BCUT2D eigenvalue weighted by molar-refractivity contribution is -0.121. The average molecular weight is 369 g/mol. The third-order valence-electron chi connectivity index (χ3n) is 5.12. The van der Waals surface area contributed by atoms with Crippen molar-refractivity contribution in [1.82, 2.24) is 5.32 Å². The van der Waals surface area contributed by atoms with E-state index in [9.17, 15) is 4.79 Å². The number of amides is 1. The Morgan fingerprint density at radius 2 is 1.74 bits per heavy atom. The molecule has 0 spiro atoms. The molecule has 1 atom stereocenters. The van der Waals surface area contributed by atoms with Gasteiger partial charge in [-0.15, -0.1) is 0 Å². The van der Waals surface area contributed by atoms with E-state index < -0.39 is 0 Å². The second-order valence-electron chi connectivity index (χ2n) is 6.77. The van der Waals surface area contributed by atoms with Crippen LogP contribution in [0.25, 0.3) is 0 Å². The molecule has 2 aromatic rings. The molecule has 0 bridgehead atoms. The monoisotopic (exact) mass is 369 g/mol. The molecule has 0 heterocycles. The molecule has 0 saturated heterocycles. The van der Waals surface area contributed by atoms with Crippen LogP contribution in [0.2, 0.25) is 0 Å². The number of carbonyl (C=O) groups is 1. The van der Waals surface area contributed by atoms with Gasteiger partial charge in [-0.1, -0.05) is 30.3 Å². The van der Waals surface area contributed by atoms with Crippen LogP contribution in [0.3, 0.4) is 0 Å². The van der Waals surface area contributed by atoms with Crippen molar-refractivity contribution in [3.8, 4) is 17.2 Å². The predicted molar refractivity (Wildman–Crippen MR) is 105 cm³/mol. The first-order valence-electron chi connectivity index (χ1n) is 9.30. The van der Waals surface area contributed by atoms with Gasteiger partial charge in [0.2, 0.25) is 11.7 Å². The molecular formula is C22H27NO4. The lowest BCUT2D eigenvalue weighted by Crippen LogP contribution is -2.38. The van der Waals surface area contributed by atoms with Crippen LogP contribution in [0.15, 0.2) is 36.4 Å². The summed E-state index contributed by atoms with van der Waals surface area (Å²) >= 11 is 0. The van der Waals surface area contributed by atoms with Gasteiger partial charge in [0.05, 0.1) is 21.3 Å². The predicted octanol–water partition coefficient (Wildman–Crippen LogP) is 3.32. The highest BCUT2D eigenvalue weighted by Gasteiger charge is 2.21. The smallest absolute Gasteiger partial charge is 0.220 e. The first-order valence-corrected chi connectivity index (χ1v) is 9.30. The maximum absolute atomic E-state index is 12.5. The highest BCUT2D eigenvalue weighted by Crippen LogP contribution is 2.40. The minimum Gasteiger partial charge on any atom is -0.493 e. The SMILES string of the molecule is COc1ccc(CCC(=O)N[C@H]2CCc3ccccc3C2)c(OC)c1OC. The van der Waals surface area contributed by atoms with E-state index in [2.05, 4.69) is 29.6 Å². The van der Waals surface area contributed by atoms with Crippen molar-refractivity contribution < 1.29 is 19.0 Å². The Balaban J connectivity index is 1.60. The van der Waals surface area contributed by atoms with Crippen LogP contribution >= 0.6 is 0 Å². The molecule has 1 aliphatic rings. The quantitative estimate of drug-likeness (QED) is 0.813. The van der Waals surface area contributed by atoms with Crippen molar-refractivity contribution in [2.24, 2.45) is 0 Å². The van der Waals surface area contributed by atoms with Crippen molar-refractivity contribution in [2.45, 2.75) is 38.1 Å². The zero-order valence-electron chi connectivity index (χ0n) is 16.2. The van der Waals surface area contributed by atoms with Gasteiger partial charge in [0.1, 0.15) is 0 Å². The molecule has 5 nitrogen and oxygen atoms in total. The molecule has 2 aromatic carbocycles. The fraction of sp³-hybridized carbons (Fsp3) is 0.409. The summed E-state index contributed by atoms with van der Waals surface area (Å²) in [4.78, 5) is 12.5. The molecule has 1 amide bonds. The number of ether oxygens (including phenoxy) is 3. The van der Waals surface area contributed by atoms with Crippen LogP contribution in [-0.4, -0.2) is 33.3 Å². The number of fused-ring (bicyclic) bond motifs is 1. The van der Waals surface area contributed by atoms with Gasteiger partial charge in [0.15, 0.2) is 11.5 Å². The number of hydrogen-bond donors (Lipinski definition) is 1. The van der Waals surface area contributed by atoms with E-state index in [1.54, 1.807) is 21.3 Å². The van der Waals surface area contributed by atoms with Crippen molar-refractivity contribution >= 4 is 5.91 Å². The molecule has 3 rings (SSSR count). The van der Waals surface area contributed by atoms with E-state index in [4.69, 9.17) is 14.2 Å². The number of aryl methyl sites for hydroxylation is 2. The van der Waals surface area contributed by atoms with Gasteiger partial charge in [-0.25, -0.2) is 0 Å². The van der Waals surface area contributed by atoms with E-state index in [0.29, 0.717) is 30.1 Å². The summed E-state index contributed by atoms with van der Waals surface area (Å²) in [7, 11) is 4.77. The van der Waals surface area contributed by atoms with Gasteiger partial charge < -0.3 is 19.5 Å². The highest BCUT2D eigenvalue weighted by atomic mass is 16.5. The fourth-order valence-electron chi connectivity index (χ4n) is 3.73. The lowest BCUT2D eigenvalue weighted by atomic mass is 9.88. The van der Waals surface area contributed by atoms with E-state index >= 15 is 0 Å². The molecule has 0 fully saturated rings. The van der Waals surface area contributed by atoms with Gasteiger partial charge in [-0.2, -0.15) is 0 Å². The molecule has 27 heavy (non-hydrogen) atoms. The first-order chi connectivity index (χ1) is 13.2. The lowest BCUT2D eigenvalue weighted by Gasteiger charge is -2.25. The Morgan fingerprint density at radius 3 is 2.44 bits per heavy atom. The molecule has 1 aliphatic carbocycles. The van der Waals surface area contributed by atoms with Crippen LogP contribution in [0, 0.1) is 0 Å². The van der Waals surface area contributed by atoms with Gasteiger partial charge >= 0.3 is 0 Å². The summed E-state index contributed by atoms with van der Waals surface area (Å²) in [5.41, 5.74) is 3.67. The Morgan fingerprint density at radius 1 is 1.00 bits per heavy atom. The Bertz CT molecular complexity index is 803. The summed E-state index contributed by atoms with van der Waals surface area (Å²) in [6.45, 7) is 0. The van der Waals surface area contributed by atoms with Gasteiger partial charge in [-0.05, 0) is 48.4 Å². The van der Waals surface area contributed by atoms with Gasteiger partial charge in [0.25, 0.3) is 0 Å². The van der Waals surface area contributed by atoms with Crippen molar-refractivity contribution in [1.29, 1.82) is 0 Å². The second-order valence-corrected chi connectivity index (χ2v) is 6.77. The largest absolute Gasteiger partial charge is 0.493 e. The van der Waals surface area contributed by atoms with Crippen LogP contribution in [0.5, 0.6) is 17.2 Å². The Hall–Kier alpha value is -2.69. The highest BCUT2D eigenvalue weighted by molar-refractivity contribution is 5.77. The van der Waals surface area contributed by atoms with Crippen molar-refractivity contribution in [2.75, 3.05) is 21.3 Å². The van der Waals surface area contributed by atoms with E-state index in [-0.39, 0.29) is 11.9 Å². The molecule has 0 radical (unpaired) electrons. The second kappa shape index (κ2) is 8.80. The van der Waals surface area contributed by atoms with Gasteiger partial charge in [-0.3, -0.25) is 4.79 Å². The fourth-order valence-corrected chi connectivity index (χ4v) is 3.73. The number of nitrogens with one attached hydrogen (secondary N) is 1. The number of hydrogen-bond acceptors (Lipinski definition) is 4. The maximum atomic E-state index is 12.5. The average Bonchev–Trinajstić information content (AvgIpc) is 2.71. The molecule has 0 saturated carbocycles. The standard InChI is InChI=1S/C22H27NO4/c1-25-19-12-9-16(21(26-2)22(19)27-3)10-13-20(24)23-18-11-8-15-6-4-5-7-17(15)14-18/h4-7,9,12,18H,8,10-11,13-14H2,1-3H3,(H,23,24)/t18-/m0/s1. The normalized spacial score (nSPS) is 15.6. The number of methoxy groups -OCH3 is 3. The van der Waals surface area contributed by atoms with Crippen LogP contribution < -0.4 is 19.5 Å². The minimum absolute atomic E-state index is 0.0659. The van der Waals surface area contributed by atoms with Crippen LogP contribution in [0.4, 0.5) is 0 Å². The van der Waals surface area contributed by atoms with Crippen LogP contribution in [-0.2, 0) is 24.1 Å². The number of rotatable bonds is 7. The van der Waals surface area contributed by atoms with E-state index in [0.717, 1.165) is 24.8 Å². The molecule has 5 heteroatoms. The number of benzene rings is 2. The maximum Gasteiger partial charge on any atom is 0.220 e.